The highest BCUT2D eigenvalue weighted by molar-refractivity contribution is 6.04. The van der Waals surface area contributed by atoms with Gasteiger partial charge in [0.15, 0.2) is 5.79 Å². The average Bonchev–Trinajstić information content (AvgIpc) is 3.12. The molecule has 3 heterocycles. The summed E-state index contributed by atoms with van der Waals surface area (Å²) in [6.07, 6.45) is 3.39. The zero-order valence-electron chi connectivity index (χ0n) is 14.0. The number of rotatable bonds is 3. The van der Waals surface area contributed by atoms with E-state index < -0.39 is 0 Å². The molecule has 2 saturated heterocycles. The molecule has 0 bridgehead atoms. The molecule has 25 heavy (non-hydrogen) atoms. The summed E-state index contributed by atoms with van der Waals surface area (Å²) in [6.45, 7) is 3.08. The second-order valence-electron chi connectivity index (χ2n) is 6.32. The van der Waals surface area contributed by atoms with Crippen molar-refractivity contribution < 1.29 is 14.3 Å². The van der Waals surface area contributed by atoms with E-state index in [9.17, 15) is 4.79 Å². The molecule has 0 radical (unpaired) electrons. The van der Waals surface area contributed by atoms with Crippen LogP contribution in [0.4, 0.5) is 11.5 Å². The molecule has 2 aliphatic heterocycles. The van der Waals surface area contributed by atoms with Gasteiger partial charge in [-0.05, 0) is 24.3 Å². The van der Waals surface area contributed by atoms with Crippen molar-refractivity contribution in [3.05, 3.63) is 54.2 Å². The molecule has 1 spiro atoms. The summed E-state index contributed by atoms with van der Waals surface area (Å²) in [4.78, 5) is 18.9. The molecule has 0 atom stereocenters. The van der Waals surface area contributed by atoms with Crippen LogP contribution in [-0.4, -0.2) is 43.0 Å². The van der Waals surface area contributed by atoms with Crippen LogP contribution in [0.25, 0.3) is 0 Å². The Balaban J connectivity index is 1.37. The maximum absolute atomic E-state index is 12.2. The number of hydrogen-bond acceptors (Lipinski definition) is 5. The largest absolute Gasteiger partial charge is 0.356 e. The molecular formula is C19H21N3O3. The van der Waals surface area contributed by atoms with Crippen LogP contribution in [0.1, 0.15) is 23.2 Å². The molecule has 6 nitrogen and oxygen atoms in total. The molecular weight excluding hydrogens is 318 g/mol. The van der Waals surface area contributed by atoms with Crippen molar-refractivity contribution in [2.24, 2.45) is 0 Å². The Morgan fingerprint density at radius 2 is 1.76 bits per heavy atom. The first kappa shape index (κ1) is 16.1. The van der Waals surface area contributed by atoms with Gasteiger partial charge >= 0.3 is 0 Å². The number of carbonyl (C=O) groups is 1. The maximum atomic E-state index is 12.2. The Hall–Kier alpha value is -2.44. The molecule has 1 aromatic carbocycles. The highest BCUT2D eigenvalue weighted by Gasteiger charge is 2.39. The number of amides is 1. The molecule has 0 unspecified atom stereocenters. The van der Waals surface area contributed by atoms with Gasteiger partial charge in [0.05, 0.1) is 25.1 Å². The normalized spacial score (nSPS) is 19.1. The van der Waals surface area contributed by atoms with E-state index in [1.807, 2.05) is 30.3 Å². The Morgan fingerprint density at radius 3 is 2.40 bits per heavy atom. The van der Waals surface area contributed by atoms with Crippen molar-refractivity contribution in [2.45, 2.75) is 18.6 Å². The first-order valence-electron chi connectivity index (χ1n) is 8.59. The van der Waals surface area contributed by atoms with Crippen molar-refractivity contribution in [3.8, 4) is 0 Å². The van der Waals surface area contributed by atoms with E-state index in [1.54, 1.807) is 18.3 Å². The number of benzene rings is 1. The third-order valence-electron chi connectivity index (χ3n) is 4.70. The first-order chi connectivity index (χ1) is 12.2. The number of carbonyl (C=O) groups excluding carboxylic acids is 1. The van der Waals surface area contributed by atoms with Crippen LogP contribution >= 0.6 is 0 Å². The minimum atomic E-state index is -0.375. The Kier molecular flexibility index (Phi) is 4.38. The quantitative estimate of drug-likeness (QED) is 0.931. The highest BCUT2D eigenvalue weighted by atomic mass is 16.7. The van der Waals surface area contributed by atoms with Gasteiger partial charge in [-0.1, -0.05) is 18.2 Å². The van der Waals surface area contributed by atoms with E-state index >= 15 is 0 Å². The number of hydrogen-bond donors (Lipinski definition) is 1. The lowest BCUT2D eigenvalue weighted by atomic mass is 10.0. The predicted molar refractivity (Wildman–Crippen MR) is 94.7 cm³/mol. The van der Waals surface area contributed by atoms with Gasteiger partial charge in [0.2, 0.25) is 0 Å². The molecule has 0 saturated carbocycles. The van der Waals surface area contributed by atoms with Crippen LogP contribution in [0, 0.1) is 0 Å². The van der Waals surface area contributed by atoms with Crippen LogP contribution in [0.2, 0.25) is 0 Å². The van der Waals surface area contributed by atoms with Crippen molar-refractivity contribution in [1.82, 2.24) is 4.98 Å². The van der Waals surface area contributed by atoms with Crippen LogP contribution in [0.3, 0.4) is 0 Å². The average molecular weight is 339 g/mol. The zero-order valence-corrected chi connectivity index (χ0v) is 14.0. The lowest BCUT2D eigenvalue weighted by Gasteiger charge is -2.38. The minimum absolute atomic E-state index is 0.134. The van der Waals surface area contributed by atoms with Gasteiger partial charge in [0.1, 0.15) is 5.82 Å². The number of aromatic nitrogens is 1. The molecule has 1 N–H and O–H groups in total. The molecule has 2 fully saturated rings. The summed E-state index contributed by atoms with van der Waals surface area (Å²) in [5.74, 6) is 0.399. The van der Waals surface area contributed by atoms with Gasteiger partial charge in [-0.2, -0.15) is 0 Å². The SMILES string of the molecule is O=C(Nc1ccc(N2CCC3(CC2)OCCO3)nc1)c1ccccc1. The molecule has 4 rings (SSSR count). The summed E-state index contributed by atoms with van der Waals surface area (Å²) in [7, 11) is 0. The summed E-state index contributed by atoms with van der Waals surface area (Å²) in [6, 6.07) is 13.0. The topological polar surface area (TPSA) is 63.7 Å². The number of anilines is 2. The van der Waals surface area contributed by atoms with Crippen molar-refractivity contribution in [3.63, 3.8) is 0 Å². The lowest BCUT2D eigenvalue weighted by molar-refractivity contribution is -0.169. The standard InChI is InChI=1S/C19H21N3O3/c23-18(15-4-2-1-3-5-15)21-16-6-7-17(20-14-16)22-10-8-19(9-11-22)24-12-13-25-19/h1-7,14H,8-13H2,(H,21,23). The van der Waals surface area contributed by atoms with E-state index in [4.69, 9.17) is 9.47 Å². The summed E-state index contributed by atoms with van der Waals surface area (Å²) in [5, 5.41) is 2.87. The lowest BCUT2D eigenvalue weighted by Crippen LogP contribution is -2.45. The highest BCUT2D eigenvalue weighted by Crippen LogP contribution is 2.32. The van der Waals surface area contributed by atoms with E-state index in [2.05, 4.69) is 15.2 Å². The fourth-order valence-electron chi connectivity index (χ4n) is 3.30. The second-order valence-corrected chi connectivity index (χ2v) is 6.32. The van der Waals surface area contributed by atoms with E-state index in [1.165, 1.54) is 0 Å². The third-order valence-corrected chi connectivity index (χ3v) is 4.70. The minimum Gasteiger partial charge on any atom is -0.356 e. The molecule has 2 aliphatic rings. The van der Waals surface area contributed by atoms with Gasteiger partial charge in [-0.3, -0.25) is 4.79 Å². The van der Waals surface area contributed by atoms with Gasteiger partial charge in [-0.15, -0.1) is 0 Å². The number of piperidine rings is 1. The molecule has 1 aromatic heterocycles. The second kappa shape index (κ2) is 6.82. The fraction of sp³-hybridized carbons (Fsp3) is 0.368. The third kappa shape index (κ3) is 3.50. The monoisotopic (exact) mass is 339 g/mol. The van der Waals surface area contributed by atoms with Crippen molar-refractivity contribution in [2.75, 3.05) is 36.5 Å². The van der Waals surface area contributed by atoms with Crippen LogP contribution in [0.15, 0.2) is 48.7 Å². The van der Waals surface area contributed by atoms with Crippen LogP contribution in [0.5, 0.6) is 0 Å². The van der Waals surface area contributed by atoms with Crippen molar-refractivity contribution >= 4 is 17.4 Å². The summed E-state index contributed by atoms with van der Waals surface area (Å²) < 4.78 is 11.5. The van der Waals surface area contributed by atoms with Crippen LogP contribution in [-0.2, 0) is 9.47 Å². The Morgan fingerprint density at radius 1 is 1.04 bits per heavy atom. The molecule has 0 aliphatic carbocycles. The first-order valence-corrected chi connectivity index (χ1v) is 8.59. The Labute approximate surface area is 146 Å². The predicted octanol–water partition coefficient (Wildman–Crippen LogP) is 2.68. The van der Waals surface area contributed by atoms with Crippen molar-refractivity contribution in [1.29, 1.82) is 0 Å². The van der Waals surface area contributed by atoms with Gasteiger partial charge in [0, 0.05) is 31.5 Å². The zero-order chi connectivity index (χ0) is 17.1. The van der Waals surface area contributed by atoms with E-state index in [0.29, 0.717) is 24.5 Å². The fourth-order valence-corrected chi connectivity index (χ4v) is 3.30. The number of ether oxygens (including phenoxy) is 2. The van der Waals surface area contributed by atoms with E-state index in [0.717, 1.165) is 31.7 Å². The smallest absolute Gasteiger partial charge is 0.255 e. The molecule has 6 heteroatoms. The molecule has 2 aromatic rings. The number of nitrogens with zero attached hydrogens (tertiary/aromatic N) is 2. The summed E-state index contributed by atoms with van der Waals surface area (Å²) in [5.41, 5.74) is 1.32. The van der Waals surface area contributed by atoms with Crippen LogP contribution < -0.4 is 10.2 Å². The maximum Gasteiger partial charge on any atom is 0.255 e. The van der Waals surface area contributed by atoms with Gasteiger partial charge in [0.25, 0.3) is 5.91 Å². The molecule has 1 amide bonds. The Bertz CT molecular complexity index is 717. The van der Waals surface area contributed by atoms with E-state index in [-0.39, 0.29) is 11.7 Å². The van der Waals surface area contributed by atoms with Gasteiger partial charge < -0.3 is 19.7 Å². The molecule has 130 valence electrons. The van der Waals surface area contributed by atoms with Gasteiger partial charge in [-0.25, -0.2) is 4.98 Å². The number of nitrogens with one attached hydrogen (secondary N) is 1. The summed E-state index contributed by atoms with van der Waals surface area (Å²) >= 11 is 0. The number of pyridine rings is 1.